The number of hydrogen-bond donors (Lipinski definition) is 2. The second-order valence-corrected chi connectivity index (χ2v) is 5.81. The predicted molar refractivity (Wildman–Crippen MR) is 94.2 cm³/mol. The number of carbonyl (C=O) groups excluding carboxylic acids is 1. The largest absolute Gasteiger partial charge is 0.354 e. The number of anilines is 2. The Kier molecular flexibility index (Phi) is 6.11. The molecule has 0 radical (unpaired) electrons. The number of rotatable bonds is 7. The van der Waals surface area contributed by atoms with E-state index in [4.69, 9.17) is 0 Å². The van der Waals surface area contributed by atoms with Crippen LogP contribution in [-0.4, -0.2) is 43.0 Å². The van der Waals surface area contributed by atoms with Crippen molar-refractivity contribution < 1.29 is 4.79 Å². The number of carbonyl (C=O) groups is 1. The number of pyridine rings is 1. The summed E-state index contributed by atoms with van der Waals surface area (Å²) in [6.45, 7) is 3.65. The Morgan fingerprint density at radius 1 is 1.22 bits per heavy atom. The fourth-order valence-corrected chi connectivity index (χ4v) is 2.20. The lowest BCUT2D eigenvalue weighted by Gasteiger charge is -2.11. The van der Waals surface area contributed by atoms with Gasteiger partial charge < -0.3 is 15.5 Å². The summed E-state index contributed by atoms with van der Waals surface area (Å²) in [7, 11) is 4.04. The molecule has 0 atom stereocenters. The number of benzene rings is 1. The minimum absolute atomic E-state index is 0.0929. The van der Waals surface area contributed by atoms with Gasteiger partial charge in [-0.05, 0) is 51.7 Å². The zero-order chi connectivity index (χ0) is 16.7. The molecule has 5 nitrogen and oxygen atoms in total. The van der Waals surface area contributed by atoms with Crippen molar-refractivity contribution in [2.75, 3.05) is 32.5 Å². The van der Waals surface area contributed by atoms with Crippen molar-refractivity contribution in [3.05, 3.63) is 53.9 Å². The predicted octanol–water partition coefficient (Wildman–Crippen LogP) is 2.82. The van der Waals surface area contributed by atoms with E-state index in [1.807, 2.05) is 51.4 Å². The summed E-state index contributed by atoms with van der Waals surface area (Å²) in [6.07, 6.45) is 4.23. The lowest BCUT2D eigenvalue weighted by molar-refractivity contribution is 0.0952. The van der Waals surface area contributed by atoms with Gasteiger partial charge in [-0.2, -0.15) is 0 Å². The maximum atomic E-state index is 12.2. The first-order valence-electron chi connectivity index (χ1n) is 7.77. The minimum atomic E-state index is -0.0929. The van der Waals surface area contributed by atoms with Gasteiger partial charge >= 0.3 is 0 Å². The number of hydrogen-bond acceptors (Lipinski definition) is 4. The number of nitrogens with one attached hydrogen (secondary N) is 2. The third kappa shape index (κ3) is 5.38. The third-order valence-corrected chi connectivity index (χ3v) is 3.49. The van der Waals surface area contributed by atoms with Gasteiger partial charge in [0.2, 0.25) is 0 Å². The van der Waals surface area contributed by atoms with E-state index in [-0.39, 0.29) is 5.91 Å². The topological polar surface area (TPSA) is 57.3 Å². The number of aryl methyl sites for hydroxylation is 1. The molecule has 0 saturated carbocycles. The number of nitrogens with zero attached hydrogens (tertiary/aromatic N) is 2. The van der Waals surface area contributed by atoms with Crippen molar-refractivity contribution in [1.29, 1.82) is 0 Å². The molecule has 5 heteroatoms. The van der Waals surface area contributed by atoms with Crippen LogP contribution in [0.5, 0.6) is 0 Å². The molecule has 0 unspecified atom stereocenters. The Balaban J connectivity index is 1.96. The van der Waals surface area contributed by atoms with Crippen LogP contribution in [0.25, 0.3) is 0 Å². The van der Waals surface area contributed by atoms with Crippen LogP contribution in [0.3, 0.4) is 0 Å². The van der Waals surface area contributed by atoms with Gasteiger partial charge in [-0.3, -0.25) is 9.78 Å². The molecule has 2 rings (SSSR count). The highest BCUT2D eigenvalue weighted by atomic mass is 16.1. The van der Waals surface area contributed by atoms with Gasteiger partial charge in [0.05, 0.1) is 17.4 Å². The highest BCUT2D eigenvalue weighted by Gasteiger charge is 2.07. The minimum Gasteiger partial charge on any atom is -0.354 e. The number of para-hydroxylation sites is 1. The van der Waals surface area contributed by atoms with E-state index in [0.717, 1.165) is 29.9 Å². The van der Waals surface area contributed by atoms with E-state index >= 15 is 0 Å². The standard InChI is InChI=1S/C18H24N4O/c1-14-7-4-5-8-17(14)21-16-11-15(12-19-13-16)18(23)20-9-6-10-22(2)3/h4-5,7-8,11-13,21H,6,9-10H2,1-3H3,(H,20,23). The van der Waals surface area contributed by atoms with Crippen LogP contribution >= 0.6 is 0 Å². The lowest BCUT2D eigenvalue weighted by atomic mass is 10.2. The first-order chi connectivity index (χ1) is 11.1. The van der Waals surface area contributed by atoms with Gasteiger partial charge in [-0.15, -0.1) is 0 Å². The molecular formula is C18H24N4O. The summed E-state index contributed by atoms with van der Waals surface area (Å²) < 4.78 is 0. The van der Waals surface area contributed by atoms with Gasteiger partial charge in [0.1, 0.15) is 0 Å². The fourth-order valence-electron chi connectivity index (χ4n) is 2.20. The number of amides is 1. The molecule has 2 N–H and O–H groups in total. The van der Waals surface area contributed by atoms with Gasteiger partial charge in [0.15, 0.2) is 0 Å². The molecule has 2 aromatic rings. The maximum Gasteiger partial charge on any atom is 0.252 e. The Bertz CT molecular complexity index is 655. The van der Waals surface area contributed by atoms with E-state index in [9.17, 15) is 4.79 Å². The molecule has 1 heterocycles. The van der Waals surface area contributed by atoms with Gasteiger partial charge in [-0.1, -0.05) is 18.2 Å². The quantitative estimate of drug-likeness (QED) is 0.772. The highest BCUT2D eigenvalue weighted by molar-refractivity contribution is 5.94. The Labute approximate surface area is 137 Å². The zero-order valence-corrected chi connectivity index (χ0v) is 14.0. The van der Waals surface area contributed by atoms with Crippen molar-refractivity contribution in [2.24, 2.45) is 0 Å². The highest BCUT2D eigenvalue weighted by Crippen LogP contribution is 2.20. The van der Waals surface area contributed by atoms with Crippen molar-refractivity contribution >= 4 is 17.3 Å². The first-order valence-corrected chi connectivity index (χ1v) is 7.77. The molecule has 122 valence electrons. The van der Waals surface area contributed by atoms with Crippen molar-refractivity contribution in [2.45, 2.75) is 13.3 Å². The molecule has 0 aliphatic carbocycles. The summed E-state index contributed by atoms with van der Waals surface area (Å²) >= 11 is 0. The van der Waals surface area contributed by atoms with Gasteiger partial charge in [0.25, 0.3) is 5.91 Å². The zero-order valence-electron chi connectivity index (χ0n) is 14.0. The van der Waals surface area contributed by atoms with Gasteiger partial charge in [-0.25, -0.2) is 0 Å². The fraction of sp³-hybridized carbons (Fsp3) is 0.333. The van der Waals surface area contributed by atoms with E-state index in [1.54, 1.807) is 12.4 Å². The molecule has 0 aliphatic rings. The van der Waals surface area contributed by atoms with Crippen molar-refractivity contribution in [1.82, 2.24) is 15.2 Å². The SMILES string of the molecule is Cc1ccccc1Nc1cncc(C(=O)NCCCN(C)C)c1. The molecule has 0 fully saturated rings. The van der Waals surface area contributed by atoms with Crippen LogP contribution in [0.4, 0.5) is 11.4 Å². The van der Waals surface area contributed by atoms with Crippen LogP contribution in [-0.2, 0) is 0 Å². The Morgan fingerprint density at radius 2 is 2.00 bits per heavy atom. The maximum absolute atomic E-state index is 12.2. The Morgan fingerprint density at radius 3 is 2.74 bits per heavy atom. The lowest BCUT2D eigenvalue weighted by Crippen LogP contribution is -2.27. The molecule has 0 spiro atoms. The van der Waals surface area contributed by atoms with Crippen molar-refractivity contribution in [3.8, 4) is 0 Å². The average Bonchev–Trinajstić information content (AvgIpc) is 2.54. The van der Waals surface area contributed by atoms with Crippen LogP contribution in [0.1, 0.15) is 22.3 Å². The molecule has 0 saturated heterocycles. The van der Waals surface area contributed by atoms with E-state index in [1.165, 1.54) is 0 Å². The summed E-state index contributed by atoms with van der Waals surface area (Å²) in [4.78, 5) is 18.4. The van der Waals surface area contributed by atoms with Crippen LogP contribution in [0.2, 0.25) is 0 Å². The van der Waals surface area contributed by atoms with Crippen LogP contribution in [0.15, 0.2) is 42.7 Å². The smallest absolute Gasteiger partial charge is 0.252 e. The second kappa shape index (κ2) is 8.29. The molecule has 1 aromatic heterocycles. The van der Waals surface area contributed by atoms with Crippen LogP contribution in [0, 0.1) is 6.92 Å². The van der Waals surface area contributed by atoms with E-state index in [0.29, 0.717) is 12.1 Å². The summed E-state index contributed by atoms with van der Waals surface area (Å²) in [6, 6.07) is 9.83. The summed E-state index contributed by atoms with van der Waals surface area (Å²) in [5.41, 5.74) is 3.53. The average molecular weight is 312 g/mol. The molecular weight excluding hydrogens is 288 g/mol. The molecule has 0 aliphatic heterocycles. The third-order valence-electron chi connectivity index (χ3n) is 3.49. The second-order valence-electron chi connectivity index (χ2n) is 5.81. The van der Waals surface area contributed by atoms with Crippen molar-refractivity contribution in [3.63, 3.8) is 0 Å². The molecule has 23 heavy (non-hydrogen) atoms. The number of aromatic nitrogens is 1. The summed E-state index contributed by atoms with van der Waals surface area (Å²) in [5, 5.41) is 6.22. The monoisotopic (exact) mass is 312 g/mol. The van der Waals surface area contributed by atoms with Crippen LogP contribution < -0.4 is 10.6 Å². The normalized spacial score (nSPS) is 10.6. The summed E-state index contributed by atoms with van der Waals surface area (Å²) in [5.74, 6) is -0.0929. The molecule has 1 aromatic carbocycles. The van der Waals surface area contributed by atoms with E-state index < -0.39 is 0 Å². The van der Waals surface area contributed by atoms with Gasteiger partial charge in [0, 0.05) is 18.4 Å². The Hall–Kier alpha value is -2.40. The first kappa shape index (κ1) is 17.0. The molecule has 1 amide bonds. The van der Waals surface area contributed by atoms with E-state index in [2.05, 4.69) is 20.5 Å². The molecule has 0 bridgehead atoms.